The second-order valence-corrected chi connectivity index (χ2v) is 15.5. The monoisotopic (exact) mass is 675 g/mol. The third kappa shape index (κ3) is 9.85. The number of amides is 4. The normalized spacial score (nSPS) is 24.3. The standard InChI is InChI=1S/C31H41N5O8S2/c1-30(2)23(35-25(39)20(32)14-18-10-12-19(38)13-11-18)28(42)34-22(16-37)27(41)33-21(15-17-8-6-5-7-9-17)26(40)36-24(29(43)44)31(3,4)46-45-30/h5-13,20-24,37-38H,14-16,32H2,1-4H3,(H,33,41)(H,34,42)(H,35,39)(H,36,40)(H,43,44)/t20-,21?,22+,23-,24?/m0/s1. The van der Waals surface area contributed by atoms with E-state index in [0.29, 0.717) is 11.1 Å². The Kier molecular flexibility index (Phi) is 12.5. The number of rotatable bonds is 8. The lowest BCUT2D eigenvalue weighted by molar-refractivity contribution is -0.143. The molecule has 2 aromatic carbocycles. The van der Waals surface area contributed by atoms with Gasteiger partial charge in [-0.3, -0.25) is 19.2 Å². The molecule has 4 amide bonds. The van der Waals surface area contributed by atoms with Crippen LogP contribution in [0.4, 0.5) is 0 Å². The average molecular weight is 676 g/mol. The zero-order chi connectivity index (χ0) is 34.2. The number of nitrogens with two attached hydrogens (primary N) is 1. The van der Waals surface area contributed by atoms with E-state index < -0.39 is 75.9 Å². The summed E-state index contributed by atoms with van der Waals surface area (Å²) in [5.41, 5.74) is 7.53. The maximum absolute atomic E-state index is 13.8. The van der Waals surface area contributed by atoms with Crippen molar-refractivity contribution in [2.45, 2.75) is 80.2 Å². The topological polar surface area (TPSA) is 220 Å². The van der Waals surface area contributed by atoms with E-state index in [1.54, 1.807) is 70.2 Å². The smallest absolute Gasteiger partial charge is 0.327 e. The molecule has 0 aliphatic carbocycles. The molecule has 1 heterocycles. The number of nitrogens with one attached hydrogen (secondary N) is 4. The fourth-order valence-corrected chi connectivity index (χ4v) is 7.46. The lowest BCUT2D eigenvalue weighted by atomic mass is 9.99. The van der Waals surface area contributed by atoms with Crippen molar-refractivity contribution >= 4 is 51.2 Å². The predicted octanol–water partition coefficient (Wildman–Crippen LogP) is 0.473. The molecule has 2 unspecified atom stereocenters. The quantitative estimate of drug-likeness (QED) is 0.180. The first-order chi connectivity index (χ1) is 21.5. The summed E-state index contributed by atoms with van der Waals surface area (Å²) in [5.74, 6) is -4.37. The Morgan fingerprint density at radius 3 is 2.00 bits per heavy atom. The minimum Gasteiger partial charge on any atom is -0.508 e. The van der Waals surface area contributed by atoms with Gasteiger partial charge in [-0.2, -0.15) is 0 Å². The fourth-order valence-electron chi connectivity index (χ4n) is 4.65. The van der Waals surface area contributed by atoms with Gasteiger partial charge >= 0.3 is 5.97 Å². The summed E-state index contributed by atoms with van der Waals surface area (Å²) in [5, 5.41) is 40.1. The number of aliphatic hydroxyl groups excluding tert-OH is 1. The number of carboxylic acids is 1. The van der Waals surface area contributed by atoms with E-state index >= 15 is 0 Å². The number of benzene rings is 2. The minimum atomic E-state index is -1.51. The van der Waals surface area contributed by atoms with Gasteiger partial charge in [0.2, 0.25) is 23.6 Å². The van der Waals surface area contributed by atoms with Crippen LogP contribution in [0.2, 0.25) is 0 Å². The molecule has 0 saturated carbocycles. The van der Waals surface area contributed by atoms with Crippen molar-refractivity contribution in [3.05, 3.63) is 65.7 Å². The average Bonchev–Trinajstić information content (AvgIpc) is 3.00. The van der Waals surface area contributed by atoms with Crippen LogP contribution in [-0.2, 0) is 36.8 Å². The van der Waals surface area contributed by atoms with Crippen LogP contribution in [0.15, 0.2) is 54.6 Å². The molecule has 0 aromatic heterocycles. The first-order valence-electron chi connectivity index (χ1n) is 14.5. The van der Waals surface area contributed by atoms with Crippen molar-refractivity contribution < 1.29 is 39.3 Å². The third-order valence-corrected chi connectivity index (χ3v) is 11.6. The maximum Gasteiger partial charge on any atom is 0.327 e. The lowest BCUT2D eigenvalue weighted by Gasteiger charge is -2.38. The highest BCUT2D eigenvalue weighted by Crippen LogP contribution is 2.46. The highest BCUT2D eigenvalue weighted by Gasteiger charge is 2.45. The minimum absolute atomic E-state index is 0.00377. The van der Waals surface area contributed by atoms with Gasteiger partial charge in [-0.05, 0) is 57.4 Å². The van der Waals surface area contributed by atoms with Crippen molar-refractivity contribution in [2.24, 2.45) is 5.73 Å². The molecule has 2 aromatic rings. The highest BCUT2D eigenvalue weighted by atomic mass is 33.1. The number of aliphatic carboxylic acids is 1. The summed E-state index contributed by atoms with van der Waals surface area (Å²) in [6.45, 7) is 5.73. The van der Waals surface area contributed by atoms with E-state index in [2.05, 4.69) is 21.3 Å². The maximum atomic E-state index is 13.8. The molecular formula is C31H41N5O8S2. The molecule has 1 aliphatic heterocycles. The highest BCUT2D eigenvalue weighted by molar-refractivity contribution is 8.77. The van der Waals surface area contributed by atoms with Crippen LogP contribution < -0.4 is 27.0 Å². The first-order valence-corrected chi connectivity index (χ1v) is 16.7. The summed E-state index contributed by atoms with van der Waals surface area (Å²) in [6, 6.07) is 8.34. The number of hydrogen-bond donors (Lipinski definition) is 8. The van der Waals surface area contributed by atoms with Crippen LogP contribution in [0.3, 0.4) is 0 Å². The summed E-state index contributed by atoms with van der Waals surface area (Å²) < 4.78 is -2.29. The summed E-state index contributed by atoms with van der Waals surface area (Å²) in [7, 11) is 2.22. The molecule has 3 rings (SSSR count). The molecule has 0 spiro atoms. The van der Waals surface area contributed by atoms with Crippen molar-refractivity contribution in [1.29, 1.82) is 0 Å². The molecule has 1 saturated heterocycles. The van der Waals surface area contributed by atoms with Crippen molar-refractivity contribution in [1.82, 2.24) is 21.3 Å². The molecule has 0 bridgehead atoms. The fraction of sp³-hybridized carbons (Fsp3) is 0.452. The van der Waals surface area contributed by atoms with E-state index in [9.17, 15) is 39.3 Å². The Balaban J connectivity index is 1.96. The molecule has 9 N–H and O–H groups in total. The van der Waals surface area contributed by atoms with E-state index in [1.807, 2.05) is 0 Å². The number of carbonyl (C=O) groups excluding carboxylic acids is 4. The van der Waals surface area contributed by atoms with Crippen molar-refractivity contribution in [3.63, 3.8) is 0 Å². The third-order valence-electron chi connectivity index (χ3n) is 7.40. The van der Waals surface area contributed by atoms with Crippen LogP contribution in [-0.4, -0.2) is 91.2 Å². The molecule has 0 radical (unpaired) electrons. The van der Waals surface area contributed by atoms with Crippen molar-refractivity contribution in [3.8, 4) is 5.75 Å². The van der Waals surface area contributed by atoms with Crippen LogP contribution in [0.25, 0.3) is 0 Å². The van der Waals surface area contributed by atoms with E-state index in [-0.39, 0.29) is 18.6 Å². The van der Waals surface area contributed by atoms with Crippen molar-refractivity contribution in [2.75, 3.05) is 6.61 Å². The Bertz CT molecular complexity index is 1410. The van der Waals surface area contributed by atoms with Crippen LogP contribution in [0, 0.1) is 0 Å². The number of phenolic OH excluding ortho intramolecular Hbond substituents is 1. The van der Waals surface area contributed by atoms with E-state index in [0.717, 1.165) is 21.6 Å². The predicted molar refractivity (Wildman–Crippen MR) is 176 cm³/mol. The van der Waals surface area contributed by atoms with Gasteiger partial charge in [0, 0.05) is 11.2 Å². The summed E-state index contributed by atoms with van der Waals surface area (Å²) in [4.78, 5) is 66.3. The number of aromatic hydroxyl groups is 1. The van der Waals surface area contributed by atoms with Crippen LogP contribution >= 0.6 is 21.6 Å². The molecule has 15 heteroatoms. The van der Waals surface area contributed by atoms with Gasteiger partial charge in [0.05, 0.1) is 17.4 Å². The number of aliphatic hydroxyl groups is 1. The lowest BCUT2D eigenvalue weighted by Crippen LogP contribution is -2.64. The first kappa shape index (κ1) is 36.7. The SMILES string of the molecule is CC1(C)SSC(C)(C)[C@@H](NC(=O)[C@@H](N)Cc2ccc(O)cc2)C(=O)N[C@H](CO)C(=O)NC(Cc2ccccc2)C(=O)NC1C(=O)O. The van der Waals surface area contributed by atoms with Gasteiger partial charge in [0.15, 0.2) is 0 Å². The van der Waals surface area contributed by atoms with Gasteiger partial charge in [0.25, 0.3) is 0 Å². The zero-order valence-electron chi connectivity index (χ0n) is 26.0. The largest absolute Gasteiger partial charge is 0.508 e. The molecule has 1 fully saturated rings. The Hall–Kier alpha value is -3.79. The molecule has 46 heavy (non-hydrogen) atoms. The number of hydrogen-bond acceptors (Lipinski definition) is 10. The molecular weight excluding hydrogens is 635 g/mol. The Labute approximate surface area is 275 Å². The Morgan fingerprint density at radius 2 is 1.41 bits per heavy atom. The second kappa shape index (κ2) is 15.7. The second-order valence-electron chi connectivity index (χ2n) is 12.1. The van der Waals surface area contributed by atoms with E-state index in [1.165, 1.54) is 12.1 Å². The Morgan fingerprint density at radius 1 is 0.848 bits per heavy atom. The molecule has 250 valence electrons. The summed E-state index contributed by atoms with van der Waals surface area (Å²) >= 11 is 0. The van der Waals surface area contributed by atoms with E-state index in [4.69, 9.17) is 5.73 Å². The van der Waals surface area contributed by atoms with Gasteiger partial charge in [-0.1, -0.05) is 64.1 Å². The zero-order valence-corrected chi connectivity index (χ0v) is 27.6. The molecule has 1 aliphatic rings. The summed E-state index contributed by atoms with van der Waals surface area (Å²) in [6.07, 6.45) is 0.101. The molecule has 13 nitrogen and oxygen atoms in total. The van der Waals surface area contributed by atoms with Crippen LogP contribution in [0.5, 0.6) is 5.75 Å². The number of carboxylic acid groups (broad SMARTS) is 1. The van der Waals surface area contributed by atoms with Gasteiger partial charge in [-0.15, -0.1) is 0 Å². The molecule has 5 atom stereocenters. The van der Waals surface area contributed by atoms with Gasteiger partial charge in [0.1, 0.15) is 29.9 Å². The number of carbonyl (C=O) groups is 5. The van der Waals surface area contributed by atoms with Crippen LogP contribution in [0.1, 0.15) is 38.8 Å². The number of phenols is 1. The van der Waals surface area contributed by atoms with Gasteiger partial charge in [-0.25, -0.2) is 4.79 Å². The van der Waals surface area contributed by atoms with Gasteiger partial charge < -0.3 is 42.3 Å².